The van der Waals surface area contributed by atoms with Crippen molar-refractivity contribution in [1.29, 1.82) is 0 Å². The maximum absolute atomic E-state index is 9.19. The van der Waals surface area contributed by atoms with E-state index in [9.17, 15) is 5.11 Å². The summed E-state index contributed by atoms with van der Waals surface area (Å²) < 4.78 is 0.845. The number of hydrogen-bond acceptors (Lipinski definition) is 3. The maximum Gasteiger partial charge on any atom is 0.115 e. The van der Waals surface area contributed by atoms with Crippen LogP contribution in [0.25, 0.3) is 0 Å². The van der Waals surface area contributed by atoms with E-state index >= 15 is 0 Å². The highest BCUT2D eigenvalue weighted by Crippen LogP contribution is 2.27. The summed E-state index contributed by atoms with van der Waals surface area (Å²) in [4.78, 5) is 1.21. The molecule has 0 fully saturated rings. The lowest BCUT2D eigenvalue weighted by Crippen LogP contribution is -1.92. The summed E-state index contributed by atoms with van der Waals surface area (Å²) in [5.74, 6) is 0.272. The minimum atomic E-state index is 0.272. The van der Waals surface area contributed by atoms with Crippen LogP contribution in [0.1, 0.15) is 18.4 Å². The smallest absolute Gasteiger partial charge is 0.115 e. The Bertz CT molecular complexity index is 444. The lowest BCUT2D eigenvalue weighted by Gasteiger charge is -2.07. The second kappa shape index (κ2) is 5.32. The molecule has 0 aromatic heterocycles. The molecule has 0 unspecified atom stereocenters. The highest BCUT2D eigenvalue weighted by Gasteiger charge is 2.05. The fourth-order valence-electron chi connectivity index (χ4n) is 1.43. The Hall–Kier alpha value is -1.06. The van der Waals surface area contributed by atoms with Crippen LogP contribution in [0.3, 0.4) is 0 Å². The van der Waals surface area contributed by atoms with Crippen LogP contribution in [-0.2, 0) is 0 Å². The highest BCUT2D eigenvalue weighted by atomic mass is 32.2. The van der Waals surface area contributed by atoms with Gasteiger partial charge in [-0.25, -0.2) is 0 Å². The van der Waals surface area contributed by atoms with Crippen molar-refractivity contribution in [3.8, 4) is 5.75 Å². The second-order valence-electron chi connectivity index (χ2n) is 3.52. The normalized spacial score (nSPS) is 14.6. The molecule has 0 aliphatic heterocycles. The van der Waals surface area contributed by atoms with Gasteiger partial charge in [-0.3, -0.25) is 0 Å². The molecule has 0 heterocycles. The van der Waals surface area contributed by atoms with Crippen LogP contribution in [0, 0.1) is 0 Å². The van der Waals surface area contributed by atoms with Crippen molar-refractivity contribution in [2.75, 3.05) is 0 Å². The Kier molecular flexibility index (Phi) is 3.80. The van der Waals surface area contributed by atoms with Crippen molar-refractivity contribution in [1.82, 2.24) is 0 Å². The van der Waals surface area contributed by atoms with Crippen LogP contribution in [0.4, 0.5) is 0 Å². The van der Waals surface area contributed by atoms with Gasteiger partial charge in [0.25, 0.3) is 0 Å². The third-order valence-electron chi connectivity index (χ3n) is 2.27. The summed E-state index contributed by atoms with van der Waals surface area (Å²) >= 11 is 6.95. The molecule has 82 valence electrons. The fourth-order valence-corrected chi connectivity index (χ4v) is 2.69. The first-order valence-electron chi connectivity index (χ1n) is 5.13. The van der Waals surface area contributed by atoms with Gasteiger partial charge in [0.2, 0.25) is 0 Å². The number of allylic oxidation sites excluding steroid dienone is 3. The largest absolute Gasteiger partial charge is 0.508 e. The van der Waals surface area contributed by atoms with Crippen LogP contribution < -0.4 is 0 Å². The summed E-state index contributed by atoms with van der Waals surface area (Å²) in [5, 5.41) is 9.19. The van der Waals surface area contributed by atoms with E-state index in [-0.39, 0.29) is 5.75 Å². The molecule has 0 saturated carbocycles. The minimum Gasteiger partial charge on any atom is -0.508 e. The first-order valence-corrected chi connectivity index (χ1v) is 6.36. The van der Waals surface area contributed by atoms with Crippen molar-refractivity contribution in [3.63, 3.8) is 0 Å². The molecule has 1 nitrogen and oxygen atoms in total. The van der Waals surface area contributed by atoms with Gasteiger partial charge in [0.15, 0.2) is 0 Å². The lowest BCUT2D eigenvalue weighted by molar-refractivity contribution is 0.475. The average Bonchev–Trinajstić information content (AvgIpc) is 2.31. The van der Waals surface area contributed by atoms with Crippen molar-refractivity contribution in [2.45, 2.75) is 12.8 Å². The molecule has 0 amide bonds. The summed E-state index contributed by atoms with van der Waals surface area (Å²) in [6, 6.07) is 7.01. The molecule has 3 heteroatoms. The number of aromatic hydroxyl groups is 1. The monoisotopic (exact) mass is 248 g/mol. The standard InChI is InChI=1S/C13H12OS2/c14-11-8-6-10(7-9-11)13(15)16-12-4-2-1-3-5-12/h2,4-9,14H,1,3H2. The zero-order chi connectivity index (χ0) is 11.4. The molecule has 0 spiro atoms. The topological polar surface area (TPSA) is 20.2 Å². The number of rotatable bonds is 2. The van der Waals surface area contributed by atoms with Gasteiger partial charge >= 0.3 is 0 Å². The van der Waals surface area contributed by atoms with E-state index in [4.69, 9.17) is 12.2 Å². The van der Waals surface area contributed by atoms with Gasteiger partial charge in [0.1, 0.15) is 5.75 Å². The Morgan fingerprint density at radius 1 is 1.19 bits per heavy atom. The summed E-state index contributed by atoms with van der Waals surface area (Å²) in [7, 11) is 0. The Labute approximate surface area is 105 Å². The molecule has 1 aliphatic carbocycles. The lowest BCUT2D eigenvalue weighted by atomic mass is 10.2. The molecule has 0 saturated heterocycles. The van der Waals surface area contributed by atoms with E-state index in [1.807, 2.05) is 12.1 Å². The van der Waals surface area contributed by atoms with E-state index in [0.29, 0.717) is 0 Å². The van der Waals surface area contributed by atoms with E-state index in [1.54, 1.807) is 23.9 Å². The molecule has 1 aliphatic rings. The fraction of sp³-hybridized carbons (Fsp3) is 0.154. The zero-order valence-electron chi connectivity index (χ0n) is 8.72. The molecule has 1 aromatic rings. The van der Waals surface area contributed by atoms with Crippen LogP contribution in [0.5, 0.6) is 5.75 Å². The highest BCUT2D eigenvalue weighted by molar-refractivity contribution is 8.26. The molecule has 2 rings (SSSR count). The van der Waals surface area contributed by atoms with Crippen molar-refractivity contribution in [3.05, 3.63) is 53.0 Å². The molecule has 1 aromatic carbocycles. The molecular formula is C13H12OS2. The molecule has 0 radical (unpaired) electrons. The van der Waals surface area contributed by atoms with E-state index in [1.165, 1.54) is 4.91 Å². The van der Waals surface area contributed by atoms with Crippen molar-refractivity contribution >= 4 is 28.2 Å². The molecule has 1 N–H and O–H groups in total. The van der Waals surface area contributed by atoms with Gasteiger partial charge in [0, 0.05) is 4.91 Å². The van der Waals surface area contributed by atoms with Gasteiger partial charge in [-0.1, -0.05) is 42.2 Å². The van der Waals surface area contributed by atoms with Crippen LogP contribution >= 0.6 is 24.0 Å². The third kappa shape index (κ3) is 2.97. The molecule has 16 heavy (non-hydrogen) atoms. The van der Waals surface area contributed by atoms with Crippen molar-refractivity contribution in [2.24, 2.45) is 0 Å². The second-order valence-corrected chi connectivity index (χ2v) is 5.27. The third-order valence-corrected chi connectivity index (χ3v) is 3.72. The number of benzene rings is 1. The van der Waals surface area contributed by atoms with E-state index in [2.05, 4.69) is 18.2 Å². The quantitative estimate of drug-likeness (QED) is 0.798. The van der Waals surface area contributed by atoms with Crippen LogP contribution in [-0.4, -0.2) is 9.30 Å². The summed E-state index contributed by atoms with van der Waals surface area (Å²) in [6.07, 6.45) is 8.70. The number of hydrogen-bond donors (Lipinski definition) is 1. The zero-order valence-corrected chi connectivity index (χ0v) is 10.4. The Morgan fingerprint density at radius 3 is 2.56 bits per heavy atom. The average molecular weight is 248 g/mol. The maximum atomic E-state index is 9.19. The summed E-state index contributed by atoms with van der Waals surface area (Å²) in [6.45, 7) is 0. The van der Waals surface area contributed by atoms with Gasteiger partial charge in [-0.2, -0.15) is 0 Å². The summed E-state index contributed by atoms with van der Waals surface area (Å²) in [5.41, 5.74) is 0.984. The predicted molar refractivity (Wildman–Crippen MR) is 73.9 cm³/mol. The minimum absolute atomic E-state index is 0.272. The SMILES string of the molecule is Oc1ccc(C(=S)SC2=CCCC=C2)cc1. The Balaban J connectivity index is 2.05. The van der Waals surface area contributed by atoms with Crippen LogP contribution in [0.15, 0.2) is 47.4 Å². The van der Waals surface area contributed by atoms with Gasteiger partial charge in [-0.05, 0) is 42.7 Å². The molecular weight excluding hydrogens is 236 g/mol. The van der Waals surface area contributed by atoms with E-state index in [0.717, 1.165) is 22.6 Å². The van der Waals surface area contributed by atoms with Gasteiger partial charge < -0.3 is 5.11 Å². The van der Waals surface area contributed by atoms with E-state index < -0.39 is 0 Å². The molecule has 0 bridgehead atoms. The van der Waals surface area contributed by atoms with Crippen LogP contribution in [0.2, 0.25) is 0 Å². The Morgan fingerprint density at radius 2 is 1.94 bits per heavy atom. The number of thioether (sulfide) groups is 1. The van der Waals surface area contributed by atoms with Gasteiger partial charge in [0.05, 0.1) is 4.20 Å². The van der Waals surface area contributed by atoms with Crippen molar-refractivity contribution < 1.29 is 5.11 Å². The number of phenols is 1. The first kappa shape index (κ1) is 11.4. The first-order chi connectivity index (χ1) is 7.75. The number of phenolic OH excluding ortho intramolecular Hbond substituents is 1. The van der Waals surface area contributed by atoms with Gasteiger partial charge in [-0.15, -0.1) is 0 Å². The molecule has 0 atom stereocenters. The predicted octanol–water partition coefficient (Wildman–Crippen LogP) is 4.03. The number of thiocarbonyl (C=S) groups is 1.